The van der Waals surface area contributed by atoms with E-state index in [-0.39, 0.29) is 11.8 Å². The second-order valence-corrected chi connectivity index (χ2v) is 6.61. The monoisotopic (exact) mass is 326 g/mol. The molecule has 0 unspecified atom stereocenters. The summed E-state index contributed by atoms with van der Waals surface area (Å²) in [6.45, 7) is 5.79. The summed E-state index contributed by atoms with van der Waals surface area (Å²) in [5, 5.41) is 5.75. The van der Waals surface area contributed by atoms with E-state index >= 15 is 0 Å². The van der Waals surface area contributed by atoms with Crippen molar-refractivity contribution in [1.82, 2.24) is 0 Å². The lowest BCUT2D eigenvalue weighted by Gasteiger charge is -2.16. The molecule has 2 N–H and O–H groups in total. The Labute approximate surface area is 141 Å². The predicted molar refractivity (Wildman–Crippen MR) is 93.1 cm³/mol. The van der Waals surface area contributed by atoms with Crippen LogP contribution in [0.5, 0.6) is 0 Å². The number of fused-ring (bicyclic) bond motifs is 1. The average Bonchev–Trinajstić information content (AvgIpc) is 3.10. The summed E-state index contributed by atoms with van der Waals surface area (Å²) in [5.74, 6) is 1.67. The first-order valence-electron chi connectivity index (χ1n) is 8.23. The predicted octanol–water partition coefficient (Wildman–Crippen LogP) is 3.64. The molecule has 0 atom stereocenters. The molecule has 5 nitrogen and oxygen atoms in total. The molecule has 3 rings (SSSR count). The number of carbonyl (C=O) groups is 2. The maximum Gasteiger partial charge on any atom is 0.234 e. The Morgan fingerprint density at radius 1 is 1.21 bits per heavy atom. The normalized spacial score (nSPS) is 15.0. The number of furan rings is 1. The molecule has 1 aromatic heterocycles. The molecule has 24 heavy (non-hydrogen) atoms. The zero-order chi connectivity index (χ0) is 17.3. The molecule has 2 heterocycles. The smallest absolute Gasteiger partial charge is 0.234 e. The van der Waals surface area contributed by atoms with E-state index in [1.807, 2.05) is 45.0 Å². The average molecular weight is 326 g/mol. The number of rotatable bonds is 5. The molecule has 5 heteroatoms. The van der Waals surface area contributed by atoms with E-state index in [0.29, 0.717) is 18.5 Å². The molecule has 1 aliphatic rings. The van der Waals surface area contributed by atoms with Gasteiger partial charge in [0, 0.05) is 30.6 Å². The Morgan fingerprint density at radius 2 is 1.96 bits per heavy atom. The Kier molecular flexibility index (Phi) is 4.18. The van der Waals surface area contributed by atoms with Gasteiger partial charge in [0.2, 0.25) is 11.8 Å². The van der Waals surface area contributed by atoms with Gasteiger partial charge in [-0.15, -0.1) is 0 Å². The fraction of sp³-hybridized carbons (Fsp3) is 0.368. The molecule has 1 aromatic carbocycles. The summed E-state index contributed by atoms with van der Waals surface area (Å²) in [4.78, 5) is 24.1. The third-order valence-corrected chi connectivity index (χ3v) is 4.46. The van der Waals surface area contributed by atoms with Crippen LogP contribution >= 0.6 is 0 Å². The van der Waals surface area contributed by atoms with E-state index in [1.54, 1.807) is 6.07 Å². The number of aryl methyl sites for hydroxylation is 2. The highest BCUT2D eigenvalue weighted by molar-refractivity contribution is 6.06. The van der Waals surface area contributed by atoms with Crippen molar-refractivity contribution in [2.45, 2.75) is 45.4 Å². The SMILES string of the molecule is CCc1ccc(CCC(=O)Nc2ccc3c(c2)C(C)(C)C(=O)N3)o1. The number of nitrogens with one attached hydrogen (secondary N) is 2. The highest BCUT2D eigenvalue weighted by atomic mass is 16.3. The van der Waals surface area contributed by atoms with Gasteiger partial charge in [-0.05, 0) is 49.7 Å². The molecule has 0 aliphatic carbocycles. The first-order valence-corrected chi connectivity index (χ1v) is 8.23. The molecule has 2 amide bonds. The van der Waals surface area contributed by atoms with E-state index in [9.17, 15) is 9.59 Å². The Balaban J connectivity index is 1.63. The topological polar surface area (TPSA) is 71.3 Å². The Hall–Kier alpha value is -2.56. The van der Waals surface area contributed by atoms with Gasteiger partial charge in [-0.1, -0.05) is 6.92 Å². The van der Waals surface area contributed by atoms with Crippen molar-refractivity contribution in [3.8, 4) is 0 Å². The van der Waals surface area contributed by atoms with Gasteiger partial charge in [-0.2, -0.15) is 0 Å². The molecule has 0 fully saturated rings. The lowest BCUT2D eigenvalue weighted by molar-refractivity contribution is -0.119. The fourth-order valence-electron chi connectivity index (χ4n) is 2.86. The van der Waals surface area contributed by atoms with Crippen molar-refractivity contribution in [3.05, 3.63) is 47.4 Å². The van der Waals surface area contributed by atoms with Crippen molar-refractivity contribution in [2.75, 3.05) is 10.6 Å². The van der Waals surface area contributed by atoms with Crippen LogP contribution < -0.4 is 10.6 Å². The van der Waals surface area contributed by atoms with E-state index in [0.717, 1.165) is 29.2 Å². The number of hydrogen-bond acceptors (Lipinski definition) is 3. The van der Waals surface area contributed by atoms with Crippen molar-refractivity contribution in [3.63, 3.8) is 0 Å². The number of anilines is 2. The first-order chi connectivity index (χ1) is 11.4. The van der Waals surface area contributed by atoms with E-state index in [1.165, 1.54) is 0 Å². The van der Waals surface area contributed by atoms with E-state index in [2.05, 4.69) is 10.6 Å². The van der Waals surface area contributed by atoms with Gasteiger partial charge in [0.05, 0.1) is 5.41 Å². The van der Waals surface area contributed by atoms with Crippen LogP contribution in [0.1, 0.15) is 44.3 Å². The zero-order valence-corrected chi connectivity index (χ0v) is 14.2. The largest absolute Gasteiger partial charge is 0.466 e. The van der Waals surface area contributed by atoms with Gasteiger partial charge < -0.3 is 15.1 Å². The standard InChI is InChI=1S/C19H22N2O3/c1-4-13-6-7-14(24-13)8-10-17(22)20-12-5-9-16-15(11-12)19(2,3)18(23)21-16/h5-7,9,11H,4,8,10H2,1-3H3,(H,20,22)(H,21,23). The maximum atomic E-state index is 12.2. The minimum absolute atomic E-state index is 0.0227. The number of amides is 2. The van der Waals surface area contributed by atoms with Gasteiger partial charge >= 0.3 is 0 Å². The molecule has 1 aliphatic heterocycles. The lowest BCUT2D eigenvalue weighted by atomic mass is 9.86. The van der Waals surface area contributed by atoms with Crippen LogP contribution in [0.4, 0.5) is 11.4 Å². The summed E-state index contributed by atoms with van der Waals surface area (Å²) in [6.07, 6.45) is 1.78. The van der Waals surface area contributed by atoms with Gasteiger partial charge in [0.15, 0.2) is 0 Å². The summed E-state index contributed by atoms with van der Waals surface area (Å²) in [6, 6.07) is 9.37. The van der Waals surface area contributed by atoms with Gasteiger partial charge in [-0.3, -0.25) is 9.59 Å². The van der Waals surface area contributed by atoms with Crippen LogP contribution in [0.2, 0.25) is 0 Å². The van der Waals surface area contributed by atoms with Crippen molar-refractivity contribution >= 4 is 23.2 Å². The summed E-state index contributed by atoms with van der Waals surface area (Å²) in [5.41, 5.74) is 1.84. The number of carbonyl (C=O) groups excluding carboxylic acids is 2. The van der Waals surface area contributed by atoms with Crippen molar-refractivity contribution in [1.29, 1.82) is 0 Å². The number of benzene rings is 1. The van der Waals surface area contributed by atoms with Crippen LogP contribution in [0.15, 0.2) is 34.7 Å². The van der Waals surface area contributed by atoms with Gasteiger partial charge in [0.25, 0.3) is 0 Å². The van der Waals surface area contributed by atoms with Crippen LogP contribution in [0, 0.1) is 0 Å². The quantitative estimate of drug-likeness (QED) is 0.881. The highest BCUT2D eigenvalue weighted by Gasteiger charge is 2.38. The zero-order valence-electron chi connectivity index (χ0n) is 14.2. The molecule has 0 saturated heterocycles. The summed E-state index contributed by atoms with van der Waals surface area (Å²) < 4.78 is 5.61. The fourth-order valence-corrected chi connectivity index (χ4v) is 2.86. The second kappa shape index (κ2) is 6.15. The minimum Gasteiger partial charge on any atom is -0.466 e. The Bertz CT molecular complexity index is 790. The summed E-state index contributed by atoms with van der Waals surface area (Å²) in [7, 11) is 0. The third-order valence-electron chi connectivity index (χ3n) is 4.46. The van der Waals surface area contributed by atoms with Crippen LogP contribution in [-0.2, 0) is 27.8 Å². The summed E-state index contributed by atoms with van der Waals surface area (Å²) >= 11 is 0. The molecule has 2 aromatic rings. The lowest BCUT2D eigenvalue weighted by Crippen LogP contribution is -2.26. The van der Waals surface area contributed by atoms with Gasteiger partial charge in [-0.25, -0.2) is 0 Å². The van der Waals surface area contributed by atoms with Gasteiger partial charge in [0.1, 0.15) is 11.5 Å². The molecular weight excluding hydrogens is 304 g/mol. The van der Waals surface area contributed by atoms with Crippen LogP contribution in [0.3, 0.4) is 0 Å². The first kappa shape index (κ1) is 16.3. The highest BCUT2D eigenvalue weighted by Crippen LogP contribution is 2.38. The minimum atomic E-state index is -0.583. The van der Waals surface area contributed by atoms with E-state index < -0.39 is 5.41 Å². The van der Waals surface area contributed by atoms with Crippen LogP contribution in [0.25, 0.3) is 0 Å². The number of hydrogen-bond donors (Lipinski definition) is 2. The third kappa shape index (κ3) is 3.07. The molecule has 0 radical (unpaired) electrons. The van der Waals surface area contributed by atoms with Crippen LogP contribution in [-0.4, -0.2) is 11.8 Å². The van der Waals surface area contributed by atoms with E-state index in [4.69, 9.17) is 4.42 Å². The van der Waals surface area contributed by atoms with Crippen molar-refractivity contribution in [2.24, 2.45) is 0 Å². The second-order valence-electron chi connectivity index (χ2n) is 6.61. The van der Waals surface area contributed by atoms with Crippen molar-refractivity contribution < 1.29 is 14.0 Å². The Morgan fingerprint density at radius 3 is 2.67 bits per heavy atom. The molecule has 126 valence electrons. The molecule has 0 bridgehead atoms. The maximum absolute atomic E-state index is 12.2. The molecule has 0 spiro atoms. The molecule has 0 saturated carbocycles. The molecular formula is C19H22N2O3.